The van der Waals surface area contributed by atoms with Gasteiger partial charge >= 0.3 is 0 Å². The molecule has 2 atom stereocenters. The van der Waals surface area contributed by atoms with Crippen LogP contribution in [0.3, 0.4) is 0 Å². The lowest BCUT2D eigenvalue weighted by Gasteiger charge is -2.37. The van der Waals surface area contributed by atoms with Gasteiger partial charge < -0.3 is 19.9 Å². The first kappa shape index (κ1) is 30.8. The number of piperidine rings is 1. The van der Waals surface area contributed by atoms with E-state index in [9.17, 15) is 27.3 Å². The molecule has 0 spiro atoms. The van der Waals surface area contributed by atoms with Gasteiger partial charge in [-0.15, -0.1) is 0 Å². The van der Waals surface area contributed by atoms with Crippen LogP contribution in [0.4, 0.5) is 14.5 Å². The largest absolute Gasteiger partial charge is 0.495 e. The topological polar surface area (TPSA) is 129 Å². The molecule has 222 valence electrons. The van der Waals surface area contributed by atoms with E-state index < -0.39 is 16.3 Å². The van der Waals surface area contributed by atoms with Gasteiger partial charge in [0, 0.05) is 37.0 Å². The van der Waals surface area contributed by atoms with Gasteiger partial charge in [0.05, 0.1) is 54.3 Å². The molecule has 10 nitrogen and oxygen atoms in total. The van der Waals surface area contributed by atoms with Crippen molar-refractivity contribution in [3.8, 4) is 23.7 Å². The molecule has 2 N–H and O–H groups in total. The zero-order valence-electron chi connectivity index (χ0n) is 23.5. The van der Waals surface area contributed by atoms with Crippen molar-refractivity contribution in [2.75, 3.05) is 44.9 Å². The third-order valence-electron chi connectivity index (χ3n) is 7.11. The second-order valence-corrected chi connectivity index (χ2v) is 12.2. The van der Waals surface area contributed by atoms with E-state index in [0.717, 1.165) is 6.26 Å². The van der Waals surface area contributed by atoms with Gasteiger partial charge in [0.2, 0.25) is 0 Å². The van der Waals surface area contributed by atoms with E-state index in [4.69, 9.17) is 4.74 Å². The Labute approximate surface area is 243 Å². The number of amides is 1. The smallest absolute Gasteiger partial charge is 0.253 e. The first-order valence-corrected chi connectivity index (χ1v) is 15.2. The number of fused-ring (bicyclic) bond motifs is 1. The van der Waals surface area contributed by atoms with Crippen LogP contribution < -0.4 is 15.4 Å². The van der Waals surface area contributed by atoms with Crippen molar-refractivity contribution in [2.45, 2.75) is 37.3 Å². The Balaban J connectivity index is 1.54. The molecule has 13 heteroatoms. The van der Waals surface area contributed by atoms with Crippen molar-refractivity contribution in [3.05, 3.63) is 47.8 Å². The fourth-order valence-electron chi connectivity index (χ4n) is 5.00. The zero-order chi connectivity index (χ0) is 30.4. The van der Waals surface area contributed by atoms with Crippen LogP contribution in [0.1, 0.15) is 29.3 Å². The number of nitrogens with one attached hydrogen (secondary N) is 2. The number of anilines is 1. The summed E-state index contributed by atoms with van der Waals surface area (Å²) in [6.45, 7) is 2.81. The third-order valence-corrected chi connectivity index (χ3v) is 8.22. The van der Waals surface area contributed by atoms with Gasteiger partial charge in [0.25, 0.3) is 12.3 Å². The minimum absolute atomic E-state index is 0.0226. The fourth-order valence-corrected chi connectivity index (χ4v) is 5.63. The van der Waals surface area contributed by atoms with Crippen molar-refractivity contribution in [1.29, 1.82) is 5.26 Å². The maximum Gasteiger partial charge on any atom is 0.253 e. The van der Waals surface area contributed by atoms with E-state index in [0.29, 0.717) is 53.1 Å². The Morgan fingerprint density at radius 1 is 1.29 bits per heavy atom. The second kappa shape index (κ2) is 13.2. The number of benzene rings is 2. The fraction of sp³-hybridized carbons (Fsp3) is 0.414. The Morgan fingerprint density at radius 2 is 2.07 bits per heavy atom. The molecular formula is C29H32F2N6O4S. The average Bonchev–Trinajstić information content (AvgIpc) is 3.34. The highest BCUT2D eigenvalue weighted by molar-refractivity contribution is 7.90. The monoisotopic (exact) mass is 598 g/mol. The number of alkyl halides is 2. The summed E-state index contributed by atoms with van der Waals surface area (Å²) in [4.78, 5) is 19.7. The van der Waals surface area contributed by atoms with Gasteiger partial charge in [0.1, 0.15) is 17.8 Å². The third kappa shape index (κ3) is 7.35. The number of carbonyl (C=O) groups excluding carboxylic acids is 1. The molecule has 0 bridgehead atoms. The molecule has 1 aliphatic heterocycles. The Hall–Kier alpha value is -4.20. The predicted molar refractivity (Wildman–Crippen MR) is 154 cm³/mol. The second-order valence-electron chi connectivity index (χ2n) is 10.2. The van der Waals surface area contributed by atoms with Gasteiger partial charge in [-0.05, 0) is 36.6 Å². The molecular weight excluding hydrogens is 566 g/mol. The number of ether oxygens (including phenoxy) is 1. The molecule has 1 aliphatic rings. The standard InChI is InChI=1S/C29H32F2N6O4S/c1-19-16-36(17-27(30)31)11-8-23(19)35-29(38)22-13-20(14-25-28(22)34-18-37(25)12-9-32)5-4-10-33-24-7-6-21(42(3,39)40)15-26(24)41-2/h6-7,13-15,18-19,23,27,33H,8,10-12,16-17H2,1-3H3,(H,35,38)/t19-,23-/m0/s1. The summed E-state index contributed by atoms with van der Waals surface area (Å²) in [5, 5.41) is 15.4. The number of likely N-dealkylation sites (tertiary alicyclic amines) is 1. The van der Waals surface area contributed by atoms with Crippen LogP contribution in [0.5, 0.6) is 5.75 Å². The number of carbonyl (C=O) groups is 1. The number of imidazole rings is 1. The molecule has 1 saturated heterocycles. The zero-order valence-corrected chi connectivity index (χ0v) is 24.3. The van der Waals surface area contributed by atoms with E-state index in [2.05, 4.69) is 33.5 Å². The number of rotatable bonds is 9. The van der Waals surface area contributed by atoms with Crippen LogP contribution in [-0.4, -0.2) is 80.8 Å². The summed E-state index contributed by atoms with van der Waals surface area (Å²) < 4.78 is 56.3. The number of hydrogen-bond acceptors (Lipinski definition) is 8. The van der Waals surface area contributed by atoms with Crippen molar-refractivity contribution >= 4 is 32.5 Å². The number of halogens is 2. The molecule has 2 heterocycles. The lowest BCUT2D eigenvalue weighted by molar-refractivity contribution is 0.0551. The van der Waals surface area contributed by atoms with E-state index in [1.165, 1.54) is 25.6 Å². The van der Waals surface area contributed by atoms with E-state index in [1.54, 1.807) is 27.7 Å². The lowest BCUT2D eigenvalue weighted by atomic mass is 9.93. The molecule has 0 radical (unpaired) electrons. The Bertz CT molecular complexity index is 1670. The molecule has 1 amide bonds. The molecule has 42 heavy (non-hydrogen) atoms. The number of nitriles is 1. The van der Waals surface area contributed by atoms with Gasteiger partial charge in [-0.25, -0.2) is 22.2 Å². The minimum Gasteiger partial charge on any atom is -0.495 e. The first-order chi connectivity index (χ1) is 20.0. The highest BCUT2D eigenvalue weighted by atomic mass is 32.2. The molecule has 0 unspecified atom stereocenters. The summed E-state index contributed by atoms with van der Waals surface area (Å²) in [5.41, 5.74) is 2.43. The van der Waals surface area contributed by atoms with Crippen LogP contribution in [0, 0.1) is 29.1 Å². The van der Waals surface area contributed by atoms with Crippen molar-refractivity contribution < 1.29 is 26.7 Å². The molecule has 2 aromatic carbocycles. The highest BCUT2D eigenvalue weighted by Crippen LogP contribution is 2.27. The maximum atomic E-state index is 13.5. The molecule has 0 aliphatic carbocycles. The number of methoxy groups -OCH3 is 1. The van der Waals surface area contributed by atoms with Crippen LogP contribution >= 0.6 is 0 Å². The number of sulfone groups is 1. The Morgan fingerprint density at radius 3 is 2.74 bits per heavy atom. The van der Waals surface area contributed by atoms with Gasteiger partial charge in [0.15, 0.2) is 9.84 Å². The van der Waals surface area contributed by atoms with Gasteiger partial charge in [-0.1, -0.05) is 18.8 Å². The number of nitrogens with zero attached hydrogens (tertiary/aromatic N) is 4. The van der Waals surface area contributed by atoms with Crippen LogP contribution in [0.15, 0.2) is 41.6 Å². The molecule has 0 saturated carbocycles. The average molecular weight is 599 g/mol. The lowest BCUT2D eigenvalue weighted by Crippen LogP contribution is -2.50. The molecule has 4 rings (SSSR count). The number of hydrogen-bond donors (Lipinski definition) is 2. The van der Waals surface area contributed by atoms with Gasteiger partial charge in [-0.3, -0.25) is 9.69 Å². The van der Waals surface area contributed by atoms with E-state index >= 15 is 0 Å². The van der Waals surface area contributed by atoms with Crippen molar-refractivity contribution in [1.82, 2.24) is 19.8 Å². The molecule has 3 aromatic rings. The normalized spacial score (nSPS) is 17.4. The first-order valence-electron chi connectivity index (χ1n) is 13.3. The minimum atomic E-state index is -3.39. The van der Waals surface area contributed by atoms with Crippen molar-refractivity contribution in [2.24, 2.45) is 5.92 Å². The van der Waals surface area contributed by atoms with E-state index in [1.807, 2.05) is 6.92 Å². The maximum absolute atomic E-state index is 13.5. The van der Waals surface area contributed by atoms with Crippen molar-refractivity contribution in [3.63, 3.8) is 0 Å². The summed E-state index contributed by atoms with van der Waals surface area (Å²) >= 11 is 0. The SMILES string of the molecule is COc1cc(S(C)(=O)=O)ccc1NCC#Cc1cc(C(=O)N[C@H]2CCN(CC(F)F)C[C@@H]2C)c2ncn(CC#N)c2c1. The number of aromatic nitrogens is 2. The van der Waals surface area contributed by atoms with Crippen LogP contribution in [-0.2, 0) is 16.4 Å². The molecule has 1 fully saturated rings. The summed E-state index contributed by atoms with van der Waals surface area (Å²) in [7, 11) is -1.95. The highest BCUT2D eigenvalue weighted by Gasteiger charge is 2.29. The van der Waals surface area contributed by atoms with Crippen LogP contribution in [0.2, 0.25) is 0 Å². The summed E-state index contributed by atoms with van der Waals surface area (Å²) in [6, 6.07) is 9.81. The summed E-state index contributed by atoms with van der Waals surface area (Å²) in [5.74, 6) is 6.03. The van der Waals surface area contributed by atoms with Crippen LogP contribution in [0.25, 0.3) is 11.0 Å². The Kier molecular flexibility index (Phi) is 9.66. The summed E-state index contributed by atoms with van der Waals surface area (Å²) in [6.07, 6.45) is 0.767. The quantitative estimate of drug-likeness (QED) is 0.360. The van der Waals surface area contributed by atoms with E-state index in [-0.39, 0.29) is 42.4 Å². The van der Waals surface area contributed by atoms with Gasteiger partial charge in [-0.2, -0.15) is 5.26 Å². The predicted octanol–water partition coefficient (Wildman–Crippen LogP) is 3.14. The molecule has 1 aromatic heterocycles.